The molecule has 1 aromatic heterocycles. The van der Waals surface area contributed by atoms with Crippen LogP contribution >= 0.6 is 11.3 Å². The van der Waals surface area contributed by atoms with Crippen LogP contribution in [0.1, 0.15) is 58.9 Å². The van der Waals surface area contributed by atoms with Gasteiger partial charge in [0.05, 0.1) is 11.4 Å². The van der Waals surface area contributed by atoms with E-state index >= 15 is 0 Å². The number of hydrogen-bond donors (Lipinski definition) is 1. The van der Waals surface area contributed by atoms with Gasteiger partial charge in [0.25, 0.3) is 5.91 Å². The average molecular weight is 424 g/mol. The van der Waals surface area contributed by atoms with Gasteiger partial charge in [-0.05, 0) is 44.7 Å². The van der Waals surface area contributed by atoms with Crippen molar-refractivity contribution in [2.24, 2.45) is 0 Å². The van der Waals surface area contributed by atoms with E-state index in [0.717, 1.165) is 23.1 Å². The third kappa shape index (κ3) is 5.18. The minimum absolute atomic E-state index is 0.161. The molecule has 0 saturated heterocycles. The van der Waals surface area contributed by atoms with Crippen LogP contribution in [0, 0.1) is 20.8 Å². The Morgan fingerprint density at radius 3 is 2.36 bits per heavy atom. The molecule has 2 rings (SSSR count). The van der Waals surface area contributed by atoms with Crippen LogP contribution in [0.4, 0.5) is 0 Å². The molecule has 28 heavy (non-hydrogen) atoms. The maximum absolute atomic E-state index is 13.4. The second-order valence-corrected chi connectivity index (χ2v) is 9.77. The third-order valence-electron chi connectivity index (χ3n) is 4.31. The normalized spacial score (nSPS) is 11.8. The monoisotopic (exact) mass is 423 g/mol. The van der Waals surface area contributed by atoms with Crippen molar-refractivity contribution in [2.75, 3.05) is 13.1 Å². The summed E-state index contributed by atoms with van der Waals surface area (Å²) < 4.78 is 28.2. The lowest BCUT2D eigenvalue weighted by atomic mass is 10.1. The van der Waals surface area contributed by atoms with E-state index in [9.17, 15) is 13.2 Å². The van der Waals surface area contributed by atoms with Crippen LogP contribution in [-0.2, 0) is 16.6 Å². The number of carbonyl (C=O) groups is 1. The number of benzene rings is 1. The van der Waals surface area contributed by atoms with E-state index in [1.807, 2.05) is 46.8 Å². The van der Waals surface area contributed by atoms with Gasteiger partial charge < -0.3 is 5.32 Å². The number of thiazole rings is 1. The zero-order valence-electron chi connectivity index (χ0n) is 17.2. The first-order valence-electron chi connectivity index (χ1n) is 9.51. The summed E-state index contributed by atoms with van der Waals surface area (Å²) in [5.74, 6) is -0.223. The molecule has 8 heteroatoms. The van der Waals surface area contributed by atoms with Gasteiger partial charge >= 0.3 is 0 Å². The maximum Gasteiger partial charge on any atom is 0.270 e. The van der Waals surface area contributed by atoms with Gasteiger partial charge in [0.2, 0.25) is 10.0 Å². The molecule has 0 bridgehead atoms. The Hall–Kier alpha value is -1.77. The molecule has 0 fully saturated rings. The maximum atomic E-state index is 13.4. The lowest BCUT2D eigenvalue weighted by Gasteiger charge is -2.23. The molecule has 0 aliphatic heterocycles. The predicted molar refractivity (Wildman–Crippen MR) is 113 cm³/mol. The minimum Gasteiger partial charge on any atom is -0.351 e. The second kappa shape index (κ2) is 9.62. The van der Waals surface area contributed by atoms with Crippen molar-refractivity contribution in [3.8, 4) is 0 Å². The lowest BCUT2D eigenvalue weighted by Crippen LogP contribution is -2.32. The van der Waals surface area contributed by atoms with Crippen molar-refractivity contribution < 1.29 is 13.2 Å². The van der Waals surface area contributed by atoms with Crippen LogP contribution in [0.2, 0.25) is 0 Å². The minimum atomic E-state index is -3.67. The summed E-state index contributed by atoms with van der Waals surface area (Å²) in [7, 11) is -3.67. The molecule has 0 atom stereocenters. The van der Waals surface area contributed by atoms with E-state index in [2.05, 4.69) is 10.3 Å². The molecule has 1 aromatic carbocycles. The molecule has 0 aliphatic carbocycles. The Kier molecular flexibility index (Phi) is 7.74. The first kappa shape index (κ1) is 22.5. The highest BCUT2D eigenvalue weighted by Gasteiger charge is 2.28. The van der Waals surface area contributed by atoms with Gasteiger partial charge in [0.15, 0.2) is 0 Å². The second-order valence-electron chi connectivity index (χ2n) is 6.95. The number of nitrogens with one attached hydrogen (secondary N) is 1. The number of aryl methyl sites for hydroxylation is 3. The largest absolute Gasteiger partial charge is 0.351 e. The van der Waals surface area contributed by atoms with E-state index in [0.29, 0.717) is 35.1 Å². The zero-order chi connectivity index (χ0) is 20.9. The first-order chi connectivity index (χ1) is 13.2. The fourth-order valence-electron chi connectivity index (χ4n) is 3.20. The molecular weight excluding hydrogens is 394 g/mol. The fraction of sp³-hybridized carbons (Fsp3) is 0.500. The summed E-state index contributed by atoms with van der Waals surface area (Å²) in [6.07, 6.45) is 1.54. The number of sulfonamides is 1. The van der Waals surface area contributed by atoms with Gasteiger partial charge in [-0.25, -0.2) is 13.4 Å². The van der Waals surface area contributed by atoms with Crippen LogP contribution in [0.3, 0.4) is 0 Å². The SMILES string of the molecule is CCCNC(=O)c1csc(CN(CCC)S(=O)(=O)c2c(C)cc(C)cc2C)n1. The summed E-state index contributed by atoms with van der Waals surface area (Å²) in [5, 5.41) is 5.08. The summed E-state index contributed by atoms with van der Waals surface area (Å²) in [6, 6.07) is 3.78. The van der Waals surface area contributed by atoms with E-state index in [1.54, 1.807) is 5.38 Å². The Bertz CT molecular complexity index is 913. The number of nitrogens with zero attached hydrogens (tertiary/aromatic N) is 2. The van der Waals surface area contributed by atoms with Crippen molar-refractivity contribution >= 4 is 27.3 Å². The Labute approximate surface area is 172 Å². The van der Waals surface area contributed by atoms with Gasteiger partial charge in [-0.15, -0.1) is 11.3 Å². The molecule has 0 aliphatic rings. The molecule has 154 valence electrons. The van der Waals surface area contributed by atoms with Gasteiger partial charge in [-0.3, -0.25) is 4.79 Å². The van der Waals surface area contributed by atoms with Crippen molar-refractivity contribution in [2.45, 2.75) is 58.9 Å². The smallest absolute Gasteiger partial charge is 0.270 e. The van der Waals surface area contributed by atoms with Gasteiger partial charge in [-0.1, -0.05) is 31.5 Å². The molecular formula is C20H29N3O3S2. The van der Waals surface area contributed by atoms with Gasteiger partial charge in [0, 0.05) is 18.5 Å². The van der Waals surface area contributed by atoms with Crippen molar-refractivity contribution in [3.63, 3.8) is 0 Å². The summed E-state index contributed by atoms with van der Waals surface area (Å²) in [5.41, 5.74) is 2.87. The summed E-state index contributed by atoms with van der Waals surface area (Å²) in [6.45, 7) is 10.7. The fourth-order valence-corrected chi connectivity index (χ4v) is 5.98. The summed E-state index contributed by atoms with van der Waals surface area (Å²) >= 11 is 1.31. The number of hydrogen-bond acceptors (Lipinski definition) is 5. The molecule has 2 aromatic rings. The van der Waals surface area contributed by atoms with Crippen LogP contribution in [0.15, 0.2) is 22.4 Å². The van der Waals surface area contributed by atoms with Crippen LogP contribution in [-0.4, -0.2) is 36.7 Å². The Balaban J connectivity index is 2.31. The number of aromatic nitrogens is 1. The van der Waals surface area contributed by atoms with Crippen molar-refractivity contribution in [1.29, 1.82) is 0 Å². The quantitative estimate of drug-likeness (QED) is 0.665. The topological polar surface area (TPSA) is 79.4 Å². The number of rotatable bonds is 9. The highest BCUT2D eigenvalue weighted by Crippen LogP contribution is 2.27. The van der Waals surface area contributed by atoms with Crippen LogP contribution < -0.4 is 5.32 Å². The van der Waals surface area contributed by atoms with Crippen molar-refractivity contribution in [1.82, 2.24) is 14.6 Å². The number of carbonyl (C=O) groups excluding carboxylic acids is 1. The van der Waals surface area contributed by atoms with Gasteiger partial charge in [0.1, 0.15) is 10.7 Å². The van der Waals surface area contributed by atoms with Gasteiger partial charge in [-0.2, -0.15) is 4.31 Å². The molecule has 0 spiro atoms. The highest BCUT2D eigenvalue weighted by atomic mass is 32.2. The Morgan fingerprint density at radius 2 is 1.79 bits per heavy atom. The summed E-state index contributed by atoms with van der Waals surface area (Å²) in [4.78, 5) is 16.8. The molecule has 1 heterocycles. The molecule has 0 radical (unpaired) electrons. The predicted octanol–water partition coefficient (Wildman–Crippen LogP) is 3.81. The van der Waals surface area contributed by atoms with E-state index in [4.69, 9.17) is 0 Å². The third-order valence-corrected chi connectivity index (χ3v) is 7.29. The average Bonchev–Trinajstić information content (AvgIpc) is 3.07. The first-order valence-corrected chi connectivity index (χ1v) is 11.8. The molecule has 1 amide bonds. The van der Waals surface area contributed by atoms with E-state index in [-0.39, 0.29) is 12.5 Å². The molecule has 1 N–H and O–H groups in total. The highest BCUT2D eigenvalue weighted by molar-refractivity contribution is 7.89. The molecule has 0 unspecified atom stereocenters. The molecule has 0 saturated carbocycles. The van der Waals surface area contributed by atoms with E-state index < -0.39 is 10.0 Å². The van der Waals surface area contributed by atoms with Crippen LogP contribution in [0.25, 0.3) is 0 Å². The Morgan fingerprint density at radius 1 is 1.14 bits per heavy atom. The zero-order valence-corrected chi connectivity index (χ0v) is 18.8. The molecule has 6 nitrogen and oxygen atoms in total. The lowest BCUT2D eigenvalue weighted by molar-refractivity contribution is 0.0949. The van der Waals surface area contributed by atoms with E-state index in [1.165, 1.54) is 15.6 Å². The standard InChI is InChI=1S/C20H29N3O3S2/c1-6-8-21-20(24)17-13-27-18(22-17)12-23(9-7-2)28(25,26)19-15(4)10-14(3)11-16(19)5/h10-11,13H,6-9,12H2,1-5H3,(H,21,24). The number of amides is 1. The van der Waals surface area contributed by atoms with Crippen LogP contribution in [0.5, 0.6) is 0 Å². The van der Waals surface area contributed by atoms with Crippen molar-refractivity contribution in [3.05, 3.63) is 44.9 Å².